The summed E-state index contributed by atoms with van der Waals surface area (Å²) in [5.74, 6) is 0. The summed E-state index contributed by atoms with van der Waals surface area (Å²) >= 11 is 3.43. The second-order valence-corrected chi connectivity index (χ2v) is 3.97. The van der Waals surface area contributed by atoms with Crippen molar-refractivity contribution in [2.45, 2.75) is 12.8 Å². The molecule has 0 unspecified atom stereocenters. The molecule has 0 saturated carbocycles. The molecule has 2 nitrogen and oxygen atoms in total. The number of rotatable bonds is 4. The van der Waals surface area contributed by atoms with Crippen LogP contribution in [-0.2, 0) is 6.42 Å². The molecule has 3 heteroatoms. The first-order chi connectivity index (χ1) is 6.24. The molecule has 13 heavy (non-hydrogen) atoms. The van der Waals surface area contributed by atoms with E-state index in [0.717, 1.165) is 29.5 Å². The van der Waals surface area contributed by atoms with Gasteiger partial charge in [0.05, 0.1) is 0 Å². The van der Waals surface area contributed by atoms with Gasteiger partial charge in [0, 0.05) is 10.2 Å². The third kappa shape index (κ3) is 3.36. The van der Waals surface area contributed by atoms with Crippen LogP contribution in [0.3, 0.4) is 0 Å². The molecule has 0 aromatic heterocycles. The molecule has 72 valence electrons. The molecule has 0 fully saturated rings. The molecule has 1 rings (SSSR count). The maximum atomic E-state index is 5.83. The van der Waals surface area contributed by atoms with Crippen LogP contribution in [0.5, 0.6) is 0 Å². The number of nitrogens with two attached hydrogens (primary N) is 1. The summed E-state index contributed by atoms with van der Waals surface area (Å²) in [5, 5.41) is 3.12. The van der Waals surface area contributed by atoms with E-state index in [1.54, 1.807) is 0 Å². The standard InChI is InChI=1S/C10H15BrN2/c1-13-6-2-3-8-7-9(11)4-5-10(8)12/h4-5,7,13H,2-3,6,12H2,1H3. The van der Waals surface area contributed by atoms with Crippen molar-refractivity contribution in [1.29, 1.82) is 0 Å². The normalized spacial score (nSPS) is 10.3. The van der Waals surface area contributed by atoms with Crippen LogP contribution >= 0.6 is 15.9 Å². The number of anilines is 1. The highest BCUT2D eigenvalue weighted by Crippen LogP contribution is 2.19. The molecule has 3 N–H and O–H groups in total. The van der Waals surface area contributed by atoms with Gasteiger partial charge >= 0.3 is 0 Å². The third-order valence-electron chi connectivity index (χ3n) is 1.98. The number of halogens is 1. The van der Waals surface area contributed by atoms with Crippen molar-refractivity contribution >= 4 is 21.6 Å². The molecule has 0 radical (unpaired) electrons. The molecule has 0 spiro atoms. The van der Waals surface area contributed by atoms with Crippen molar-refractivity contribution in [2.24, 2.45) is 0 Å². The van der Waals surface area contributed by atoms with E-state index in [2.05, 4.69) is 27.3 Å². The predicted molar refractivity (Wildman–Crippen MR) is 60.8 cm³/mol. The number of benzene rings is 1. The van der Waals surface area contributed by atoms with Crippen molar-refractivity contribution in [2.75, 3.05) is 19.3 Å². The number of hydrogen-bond acceptors (Lipinski definition) is 2. The Morgan fingerprint density at radius 1 is 1.46 bits per heavy atom. The highest BCUT2D eigenvalue weighted by molar-refractivity contribution is 9.10. The van der Waals surface area contributed by atoms with Gasteiger partial charge in [0.15, 0.2) is 0 Å². The van der Waals surface area contributed by atoms with Crippen molar-refractivity contribution in [3.63, 3.8) is 0 Å². The average molecular weight is 243 g/mol. The molecule has 0 amide bonds. The third-order valence-corrected chi connectivity index (χ3v) is 2.47. The molecule has 0 bridgehead atoms. The molecule has 1 aromatic carbocycles. The summed E-state index contributed by atoms with van der Waals surface area (Å²) in [6, 6.07) is 6.00. The molecule has 0 heterocycles. The van der Waals surface area contributed by atoms with Crippen molar-refractivity contribution < 1.29 is 0 Å². The van der Waals surface area contributed by atoms with Crippen LogP contribution in [0.2, 0.25) is 0 Å². The zero-order chi connectivity index (χ0) is 9.68. The van der Waals surface area contributed by atoms with E-state index in [0.29, 0.717) is 0 Å². The molecule has 0 aliphatic heterocycles. The van der Waals surface area contributed by atoms with Crippen molar-refractivity contribution in [1.82, 2.24) is 5.32 Å². The van der Waals surface area contributed by atoms with Gasteiger partial charge in [-0.1, -0.05) is 15.9 Å². The second-order valence-electron chi connectivity index (χ2n) is 3.05. The zero-order valence-electron chi connectivity index (χ0n) is 7.81. The number of nitrogen functional groups attached to an aromatic ring is 1. The fourth-order valence-corrected chi connectivity index (χ4v) is 1.65. The van der Waals surface area contributed by atoms with Gasteiger partial charge in [0.1, 0.15) is 0 Å². The van der Waals surface area contributed by atoms with Gasteiger partial charge in [-0.15, -0.1) is 0 Å². The Bertz CT molecular complexity index is 274. The quantitative estimate of drug-likeness (QED) is 0.628. The van der Waals surface area contributed by atoms with E-state index < -0.39 is 0 Å². The first-order valence-electron chi connectivity index (χ1n) is 4.42. The lowest BCUT2D eigenvalue weighted by molar-refractivity contribution is 0.725. The van der Waals surface area contributed by atoms with Crippen LogP contribution in [0.25, 0.3) is 0 Å². The van der Waals surface area contributed by atoms with E-state index >= 15 is 0 Å². The minimum atomic E-state index is 0.888. The van der Waals surface area contributed by atoms with E-state index in [1.165, 1.54) is 5.56 Å². The Morgan fingerprint density at radius 3 is 2.92 bits per heavy atom. The highest BCUT2D eigenvalue weighted by Gasteiger charge is 1.99. The Balaban J connectivity index is 2.59. The Morgan fingerprint density at radius 2 is 2.23 bits per heavy atom. The molecule has 0 saturated heterocycles. The minimum absolute atomic E-state index is 0.888. The van der Waals surface area contributed by atoms with E-state index in [1.807, 2.05) is 19.2 Å². The first-order valence-corrected chi connectivity index (χ1v) is 5.22. The van der Waals surface area contributed by atoms with E-state index in [-0.39, 0.29) is 0 Å². The number of aryl methyl sites for hydroxylation is 1. The molecular formula is C10H15BrN2. The average Bonchev–Trinajstić information content (AvgIpc) is 2.11. The SMILES string of the molecule is CNCCCc1cc(Br)ccc1N. The van der Waals surface area contributed by atoms with Crippen molar-refractivity contribution in [3.8, 4) is 0 Å². The Hall–Kier alpha value is -0.540. The predicted octanol–water partition coefficient (Wildman–Crippen LogP) is 2.18. The van der Waals surface area contributed by atoms with E-state index in [4.69, 9.17) is 5.73 Å². The van der Waals surface area contributed by atoms with Crippen LogP contribution in [-0.4, -0.2) is 13.6 Å². The van der Waals surface area contributed by atoms with Crippen LogP contribution < -0.4 is 11.1 Å². The Labute approximate surface area is 87.6 Å². The number of hydrogen-bond donors (Lipinski definition) is 2. The topological polar surface area (TPSA) is 38.0 Å². The van der Waals surface area contributed by atoms with Crippen LogP contribution in [0.1, 0.15) is 12.0 Å². The fourth-order valence-electron chi connectivity index (χ4n) is 1.25. The molecular weight excluding hydrogens is 228 g/mol. The summed E-state index contributed by atoms with van der Waals surface area (Å²) in [6.45, 7) is 1.03. The molecule has 0 aliphatic rings. The summed E-state index contributed by atoms with van der Waals surface area (Å²) in [7, 11) is 1.96. The Kier molecular flexibility index (Phi) is 4.25. The van der Waals surface area contributed by atoms with Gasteiger partial charge in [-0.05, 0) is 50.2 Å². The monoisotopic (exact) mass is 242 g/mol. The van der Waals surface area contributed by atoms with Gasteiger partial charge in [0.25, 0.3) is 0 Å². The molecule has 1 aromatic rings. The van der Waals surface area contributed by atoms with Crippen LogP contribution in [0.15, 0.2) is 22.7 Å². The minimum Gasteiger partial charge on any atom is -0.399 e. The molecule has 0 aliphatic carbocycles. The second kappa shape index (κ2) is 5.25. The lowest BCUT2D eigenvalue weighted by Gasteiger charge is -2.05. The smallest absolute Gasteiger partial charge is 0.0347 e. The van der Waals surface area contributed by atoms with Crippen LogP contribution in [0, 0.1) is 0 Å². The zero-order valence-corrected chi connectivity index (χ0v) is 9.39. The van der Waals surface area contributed by atoms with Gasteiger partial charge in [-0.2, -0.15) is 0 Å². The van der Waals surface area contributed by atoms with Crippen LogP contribution in [0.4, 0.5) is 5.69 Å². The maximum Gasteiger partial charge on any atom is 0.0347 e. The summed E-state index contributed by atoms with van der Waals surface area (Å²) in [5.41, 5.74) is 7.95. The fraction of sp³-hybridized carbons (Fsp3) is 0.400. The molecule has 0 atom stereocenters. The van der Waals surface area contributed by atoms with Gasteiger partial charge in [0.2, 0.25) is 0 Å². The van der Waals surface area contributed by atoms with E-state index in [9.17, 15) is 0 Å². The lowest BCUT2D eigenvalue weighted by atomic mass is 10.1. The number of nitrogens with one attached hydrogen (secondary N) is 1. The summed E-state index contributed by atoms with van der Waals surface area (Å²) in [4.78, 5) is 0. The lowest BCUT2D eigenvalue weighted by Crippen LogP contribution is -2.08. The summed E-state index contributed by atoms with van der Waals surface area (Å²) in [6.07, 6.45) is 2.16. The van der Waals surface area contributed by atoms with Crippen molar-refractivity contribution in [3.05, 3.63) is 28.2 Å². The van der Waals surface area contributed by atoms with Gasteiger partial charge in [-0.3, -0.25) is 0 Å². The highest BCUT2D eigenvalue weighted by atomic mass is 79.9. The van der Waals surface area contributed by atoms with Gasteiger partial charge < -0.3 is 11.1 Å². The first kappa shape index (κ1) is 10.5. The summed E-state index contributed by atoms with van der Waals surface area (Å²) < 4.78 is 1.10. The maximum absolute atomic E-state index is 5.83. The largest absolute Gasteiger partial charge is 0.399 e. The van der Waals surface area contributed by atoms with Gasteiger partial charge in [-0.25, -0.2) is 0 Å².